The van der Waals surface area contributed by atoms with Crippen molar-refractivity contribution in [2.24, 2.45) is 0 Å². The summed E-state index contributed by atoms with van der Waals surface area (Å²) in [6.45, 7) is -0.493. The summed E-state index contributed by atoms with van der Waals surface area (Å²) in [7, 11) is 1.23. The minimum absolute atomic E-state index is 0.0143. The monoisotopic (exact) mass is 340 g/mol. The summed E-state index contributed by atoms with van der Waals surface area (Å²) in [6.07, 6.45) is 1.07. The van der Waals surface area contributed by atoms with E-state index in [9.17, 15) is 29.4 Å². The molecule has 0 bridgehead atoms. The summed E-state index contributed by atoms with van der Waals surface area (Å²) in [5.41, 5.74) is -0.351. The SMILES string of the molecule is COC(=O)CCC(=O)CNC(=O)CCn1cc(O)c(=O)cc1CO. The van der Waals surface area contributed by atoms with E-state index in [1.165, 1.54) is 11.7 Å². The van der Waals surface area contributed by atoms with Crippen LogP contribution in [0.2, 0.25) is 0 Å². The molecular weight excluding hydrogens is 320 g/mol. The number of hydrogen-bond acceptors (Lipinski definition) is 7. The zero-order chi connectivity index (χ0) is 18.1. The normalized spacial score (nSPS) is 10.2. The lowest BCUT2D eigenvalue weighted by Gasteiger charge is -2.12. The number of pyridine rings is 1. The van der Waals surface area contributed by atoms with Gasteiger partial charge in [-0.15, -0.1) is 0 Å². The van der Waals surface area contributed by atoms with Crippen molar-refractivity contribution in [3.63, 3.8) is 0 Å². The molecule has 3 N–H and O–H groups in total. The van der Waals surface area contributed by atoms with Gasteiger partial charge in [0.15, 0.2) is 11.5 Å². The van der Waals surface area contributed by atoms with Crippen molar-refractivity contribution in [3.05, 3.63) is 28.2 Å². The molecule has 0 fully saturated rings. The van der Waals surface area contributed by atoms with Gasteiger partial charge in [-0.3, -0.25) is 19.2 Å². The summed E-state index contributed by atoms with van der Waals surface area (Å²) in [6, 6.07) is 1.09. The fourth-order valence-electron chi connectivity index (χ4n) is 1.89. The zero-order valence-corrected chi connectivity index (χ0v) is 13.3. The molecule has 0 aromatic carbocycles. The number of ketones is 1. The average Bonchev–Trinajstić information content (AvgIpc) is 2.58. The van der Waals surface area contributed by atoms with Crippen molar-refractivity contribution in [2.45, 2.75) is 32.4 Å². The van der Waals surface area contributed by atoms with Gasteiger partial charge in [0.1, 0.15) is 0 Å². The van der Waals surface area contributed by atoms with E-state index < -0.39 is 29.7 Å². The molecule has 1 aromatic rings. The van der Waals surface area contributed by atoms with Gasteiger partial charge in [0.25, 0.3) is 0 Å². The maximum absolute atomic E-state index is 11.7. The van der Waals surface area contributed by atoms with Crippen LogP contribution < -0.4 is 10.7 Å². The van der Waals surface area contributed by atoms with E-state index >= 15 is 0 Å². The second-order valence-corrected chi connectivity index (χ2v) is 5.01. The molecule has 0 saturated heterocycles. The Morgan fingerprint density at radius 3 is 2.58 bits per heavy atom. The Kier molecular flexibility index (Phi) is 7.63. The molecule has 0 unspecified atom stereocenters. The highest BCUT2D eigenvalue weighted by Crippen LogP contribution is 2.06. The maximum Gasteiger partial charge on any atom is 0.305 e. The molecule has 1 rings (SSSR count). The van der Waals surface area contributed by atoms with Crippen molar-refractivity contribution in [1.82, 2.24) is 9.88 Å². The highest BCUT2D eigenvalue weighted by atomic mass is 16.5. The molecule has 1 heterocycles. The van der Waals surface area contributed by atoms with E-state index in [1.54, 1.807) is 0 Å². The lowest BCUT2D eigenvalue weighted by Crippen LogP contribution is -2.30. The standard InChI is InChI=1S/C15H20N2O7/c1-24-15(23)3-2-11(19)7-16-14(22)4-5-17-8-13(21)12(20)6-10(17)9-18/h6,8,18,21H,2-5,7,9H2,1H3,(H,16,22). The van der Waals surface area contributed by atoms with Crippen LogP contribution in [0.15, 0.2) is 17.1 Å². The number of methoxy groups -OCH3 is 1. The number of Topliss-reactive ketones (excluding diaryl/α,β-unsaturated/α-hetero) is 1. The number of esters is 1. The molecule has 0 aliphatic heterocycles. The summed E-state index contributed by atoms with van der Waals surface area (Å²) >= 11 is 0. The Morgan fingerprint density at radius 2 is 1.96 bits per heavy atom. The number of carbonyl (C=O) groups excluding carboxylic acids is 3. The number of aryl methyl sites for hydroxylation is 1. The smallest absolute Gasteiger partial charge is 0.305 e. The molecule has 0 spiro atoms. The van der Waals surface area contributed by atoms with Crippen molar-refractivity contribution in [1.29, 1.82) is 0 Å². The van der Waals surface area contributed by atoms with Crippen LogP contribution in [0, 0.1) is 0 Å². The summed E-state index contributed by atoms with van der Waals surface area (Å²) < 4.78 is 5.79. The van der Waals surface area contributed by atoms with Gasteiger partial charge >= 0.3 is 5.97 Å². The first kappa shape index (κ1) is 19.4. The minimum Gasteiger partial charge on any atom is -0.503 e. The van der Waals surface area contributed by atoms with E-state index in [2.05, 4.69) is 10.1 Å². The van der Waals surface area contributed by atoms with Gasteiger partial charge in [-0.2, -0.15) is 0 Å². The molecule has 132 valence electrons. The third kappa shape index (κ3) is 6.21. The van der Waals surface area contributed by atoms with Crippen LogP contribution in [0.3, 0.4) is 0 Å². The van der Waals surface area contributed by atoms with Crippen LogP contribution in [0.25, 0.3) is 0 Å². The second kappa shape index (κ2) is 9.46. The molecule has 0 aliphatic rings. The van der Waals surface area contributed by atoms with Crippen LogP contribution >= 0.6 is 0 Å². The number of amides is 1. The predicted molar refractivity (Wildman–Crippen MR) is 82.2 cm³/mol. The topological polar surface area (TPSA) is 135 Å². The fourth-order valence-corrected chi connectivity index (χ4v) is 1.89. The van der Waals surface area contributed by atoms with Crippen molar-refractivity contribution in [2.75, 3.05) is 13.7 Å². The van der Waals surface area contributed by atoms with E-state index in [0.717, 1.165) is 12.3 Å². The Morgan fingerprint density at radius 1 is 1.25 bits per heavy atom. The van der Waals surface area contributed by atoms with Gasteiger partial charge < -0.3 is 24.8 Å². The molecule has 24 heavy (non-hydrogen) atoms. The largest absolute Gasteiger partial charge is 0.503 e. The second-order valence-electron chi connectivity index (χ2n) is 5.01. The predicted octanol–water partition coefficient (Wildman–Crippen LogP) is -0.925. The van der Waals surface area contributed by atoms with Gasteiger partial charge in [0, 0.05) is 31.1 Å². The number of ether oxygens (including phenoxy) is 1. The van der Waals surface area contributed by atoms with E-state index in [-0.39, 0.29) is 43.8 Å². The Bertz CT molecular complexity index is 666. The molecule has 0 atom stereocenters. The molecule has 1 aromatic heterocycles. The van der Waals surface area contributed by atoms with Gasteiger partial charge in [-0.1, -0.05) is 0 Å². The number of aliphatic hydroxyl groups is 1. The van der Waals surface area contributed by atoms with Crippen LogP contribution in [-0.2, 0) is 32.3 Å². The maximum atomic E-state index is 11.7. The van der Waals surface area contributed by atoms with Crippen LogP contribution in [-0.4, -0.2) is 46.1 Å². The van der Waals surface area contributed by atoms with E-state index in [4.69, 9.17) is 0 Å². The number of carbonyl (C=O) groups is 3. The minimum atomic E-state index is -0.615. The van der Waals surface area contributed by atoms with Crippen molar-refractivity contribution in [3.8, 4) is 5.75 Å². The van der Waals surface area contributed by atoms with Gasteiger partial charge in [-0.25, -0.2) is 0 Å². The number of aromatic hydroxyl groups is 1. The number of aliphatic hydroxyl groups excluding tert-OH is 1. The summed E-state index contributed by atoms with van der Waals surface area (Å²) in [5.74, 6) is -1.69. The number of aromatic nitrogens is 1. The first-order chi connectivity index (χ1) is 11.4. The summed E-state index contributed by atoms with van der Waals surface area (Å²) in [4.78, 5) is 45.4. The number of nitrogens with zero attached hydrogens (tertiary/aromatic N) is 1. The van der Waals surface area contributed by atoms with Crippen molar-refractivity contribution >= 4 is 17.7 Å². The number of rotatable bonds is 9. The molecule has 1 amide bonds. The molecular formula is C15H20N2O7. The Labute approximate surface area is 137 Å². The lowest BCUT2D eigenvalue weighted by molar-refractivity contribution is -0.141. The average molecular weight is 340 g/mol. The molecule has 9 nitrogen and oxygen atoms in total. The highest BCUT2D eigenvalue weighted by Gasteiger charge is 2.10. The lowest BCUT2D eigenvalue weighted by atomic mass is 10.2. The third-order valence-electron chi connectivity index (χ3n) is 3.26. The van der Waals surface area contributed by atoms with Gasteiger partial charge in [-0.05, 0) is 0 Å². The zero-order valence-electron chi connectivity index (χ0n) is 13.3. The summed E-state index contributed by atoms with van der Waals surface area (Å²) in [5, 5.41) is 21.0. The molecule has 9 heteroatoms. The van der Waals surface area contributed by atoms with Crippen LogP contribution in [0.5, 0.6) is 5.75 Å². The molecule has 0 aliphatic carbocycles. The highest BCUT2D eigenvalue weighted by molar-refractivity contribution is 5.88. The van der Waals surface area contributed by atoms with E-state index in [1.807, 2.05) is 0 Å². The van der Waals surface area contributed by atoms with Crippen LogP contribution in [0.1, 0.15) is 25.0 Å². The van der Waals surface area contributed by atoms with Crippen LogP contribution in [0.4, 0.5) is 0 Å². The molecule has 0 saturated carbocycles. The first-order valence-electron chi connectivity index (χ1n) is 7.25. The fraction of sp³-hybridized carbons (Fsp3) is 0.467. The third-order valence-corrected chi connectivity index (χ3v) is 3.26. The number of hydrogen-bond donors (Lipinski definition) is 3. The Balaban J connectivity index is 2.44. The Hall–Kier alpha value is -2.68. The first-order valence-corrected chi connectivity index (χ1v) is 7.25. The van der Waals surface area contributed by atoms with Gasteiger partial charge in [0.2, 0.25) is 11.3 Å². The number of nitrogens with one attached hydrogen (secondary N) is 1. The van der Waals surface area contributed by atoms with E-state index in [0.29, 0.717) is 0 Å². The van der Waals surface area contributed by atoms with Crippen molar-refractivity contribution < 1.29 is 29.3 Å². The van der Waals surface area contributed by atoms with Gasteiger partial charge in [0.05, 0.1) is 32.9 Å². The molecule has 0 radical (unpaired) electrons. The quantitative estimate of drug-likeness (QED) is 0.494.